The zero-order chi connectivity index (χ0) is 19.5. The Balaban J connectivity index is 2.60. The summed E-state index contributed by atoms with van der Waals surface area (Å²) in [4.78, 5) is 36.6. The molecule has 0 spiro atoms. The summed E-state index contributed by atoms with van der Waals surface area (Å²) < 4.78 is 5.10. The molecule has 0 fully saturated rings. The summed E-state index contributed by atoms with van der Waals surface area (Å²) in [5, 5.41) is 5.62. The first-order valence-corrected chi connectivity index (χ1v) is 9.83. The molecule has 0 heterocycles. The van der Waals surface area contributed by atoms with E-state index in [-0.39, 0.29) is 36.3 Å². The van der Waals surface area contributed by atoms with Crippen molar-refractivity contribution in [1.82, 2.24) is 10.6 Å². The summed E-state index contributed by atoms with van der Waals surface area (Å²) >= 11 is 1.27. The maximum atomic E-state index is 12.3. The molecule has 2 N–H and O–H groups in total. The number of esters is 1. The van der Waals surface area contributed by atoms with Gasteiger partial charge in [-0.05, 0) is 38.8 Å². The van der Waals surface area contributed by atoms with E-state index in [0.29, 0.717) is 10.5 Å². The number of thioether (sulfide) groups is 1. The van der Waals surface area contributed by atoms with Gasteiger partial charge in [-0.2, -0.15) is 0 Å². The Labute approximate surface area is 159 Å². The van der Waals surface area contributed by atoms with Crippen molar-refractivity contribution in [2.45, 2.75) is 57.5 Å². The first-order valence-electron chi connectivity index (χ1n) is 8.85. The summed E-state index contributed by atoms with van der Waals surface area (Å²) in [6, 6.07) is 7.06. The van der Waals surface area contributed by atoms with Crippen molar-refractivity contribution >= 4 is 29.5 Å². The first-order chi connectivity index (χ1) is 12.4. The number of carbonyl (C=O) groups excluding carboxylic acids is 3. The maximum Gasteiger partial charge on any atom is 0.339 e. The third-order valence-corrected chi connectivity index (χ3v) is 4.91. The van der Waals surface area contributed by atoms with Gasteiger partial charge in [-0.15, -0.1) is 11.8 Å². The second-order valence-electron chi connectivity index (χ2n) is 6.11. The van der Waals surface area contributed by atoms with Gasteiger partial charge in [0.25, 0.3) is 5.91 Å². The maximum absolute atomic E-state index is 12.3. The fraction of sp³-hybridized carbons (Fsp3) is 0.526. The summed E-state index contributed by atoms with van der Waals surface area (Å²) in [6.07, 6.45) is 1.66. The van der Waals surface area contributed by atoms with Gasteiger partial charge in [0.05, 0.1) is 11.3 Å². The third-order valence-electron chi connectivity index (χ3n) is 3.84. The average molecular weight is 381 g/mol. The Morgan fingerprint density at radius 2 is 1.58 bits per heavy atom. The summed E-state index contributed by atoms with van der Waals surface area (Å²) in [7, 11) is 0. The van der Waals surface area contributed by atoms with Crippen LogP contribution < -0.4 is 10.6 Å². The smallest absolute Gasteiger partial charge is 0.339 e. The number of ether oxygens (including phenoxy) is 1. The van der Waals surface area contributed by atoms with E-state index in [1.165, 1.54) is 11.8 Å². The van der Waals surface area contributed by atoms with Crippen LogP contribution in [0.15, 0.2) is 29.2 Å². The van der Waals surface area contributed by atoms with Crippen LogP contribution in [0.1, 0.15) is 50.9 Å². The molecule has 0 unspecified atom stereocenters. The van der Waals surface area contributed by atoms with Crippen molar-refractivity contribution in [2.75, 3.05) is 12.4 Å². The van der Waals surface area contributed by atoms with Crippen LogP contribution in [0, 0.1) is 0 Å². The van der Waals surface area contributed by atoms with E-state index in [1.54, 1.807) is 24.3 Å². The predicted molar refractivity (Wildman–Crippen MR) is 103 cm³/mol. The SMILES string of the molecule is CC[C@@H](C)NC(=O)COC(=O)c1ccccc1SCC(=O)N[C@@H](C)CC. The van der Waals surface area contributed by atoms with Crippen LogP contribution in [0.25, 0.3) is 0 Å². The predicted octanol–water partition coefficient (Wildman–Crippen LogP) is 2.76. The zero-order valence-corrected chi connectivity index (χ0v) is 16.7. The van der Waals surface area contributed by atoms with Gasteiger partial charge in [0.1, 0.15) is 0 Å². The highest BCUT2D eigenvalue weighted by molar-refractivity contribution is 8.00. The normalized spacial score (nSPS) is 12.8. The zero-order valence-electron chi connectivity index (χ0n) is 15.8. The van der Waals surface area contributed by atoms with E-state index in [2.05, 4.69) is 10.6 Å². The van der Waals surface area contributed by atoms with E-state index < -0.39 is 5.97 Å². The van der Waals surface area contributed by atoms with Gasteiger partial charge in [0, 0.05) is 17.0 Å². The molecule has 1 aromatic rings. The van der Waals surface area contributed by atoms with E-state index in [1.807, 2.05) is 27.7 Å². The van der Waals surface area contributed by atoms with E-state index in [4.69, 9.17) is 4.74 Å². The molecular formula is C19H28N2O4S. The van der Waals surface area contributed by atoms with Gasteiger partial charge in [0.15, 0.2) is 6.61 Å². The Morgan fingerprint density at radius 3 is 2.19 bits per heavy atom. The molecule has 1 rings (SSSR count). The van der Waals surface area contributed by atoms with Gasteiger partial charge >= 0.3 is 5.97 Å². The molecule has 0 aliphatic rings. The number of amides is 2. The van der Waals surface area contributed by atoms with Gasteiger partial charge in [-0.25, -0.2) is 4.79 Å². The Bertz CT molecular complexity index is 621. The second kappa shape index (κ2) is 11.6. The molecule has 0 bridgehead atoms. The van der Waals surface area contributed by atoms with Gasteiger partial charge in [0.2, 0.25) is 5.91 Å². The second-order valence-corrected chi connectivity index (χ2v) is 7.13. The fourth-order valence-corrected chi connectivity index (χ4v) is 2.80. The topological polar surface area (TPSA) is 84.5 Å². The molecular weight excluding hydrogens is 352 g/mol. The van der Waals surface area contributed by atoms with Gasteiger partial charge in [-0.1, -0.05) is 26.0 Å². The molecule has 0 saturated carbocycles. The largest absolute Gasteiger partial charge is 0.452 e. The molecule has 26 heavy (non-hydrogen) atoms. The lowest BCUT2D eigenvalue weighted by atomic mass is 10.2. The minimum absolute atomic E-state index is 0.0352. The number of hydrogen-bond acceptors (Lipinski definition) is 5. The lowest BCUT2D eigenvalue weighted by Gasteiger charge is -2.13. The molecule has 1 aromatic carbocycles. The van der Waals surface area contributed by atoms with Crippen LogP contribution in [0.4, 0.5) is 0 Å². The van der Waals surface area contributed by atoms with E-state index >= 15 is 0 Å². The molecule has 2 amide bonds. The standard InChI is InChI=1S/C19H28N2O4S/c1-5-13(3)20-17(22)11-25-19(24)15-9-7-8-10-16(15)26-12-18(23)21-14(4)6-2/h7-10,13-14H,5-6,11-12H2,1-4H3,(H,20,22)(H,21,23)/t13-,14+/m1/s1. The minimum Gasteiger partial charge on any atom is -0.452 e. The number of rotatable bonds is 10. The van der Waals surface area contributed by atoms with Crippen molar-refractivity contribution in [3.05, 3.63) is 29.8 Å². The molecule has 2 atom stereocenters. The lowest BCUT2D eigenvalue weighted by molar-refractivity contribution is -0.124. The van der Waals surface area contributed by atoms with Crippen molar-refractivity contribution in [1.29, 1.82) is 0 Å². The molecule has 0 aliphatic heterocycles. The lowest BCUT2D eigenvalue weighted by Crippen LogP contribution is -2.35. The van der Waals surface area contributed by atoms with Crippen molar-refractivity contribution in [3.63, 3.8) is 0 Å². The van der Waals surface area contributed by atoms with Crippen LogP contribution in [0.3, 0.4) is 0 Å². The highest BCUT2D eigenvalue weighted by atomic mass is 32.2. The summed E-state index contributed by atoms with van der Waals surface area (Å²) in [5.74, 6) is -0.774. The Kier molecular flexibility index (Phi) is 9.80. The highest BCUT2D eigenvalue weighted by Crippen LogP contribution is 2.23. The molecule has 0 saturated heterocycles. The Morgan fingerprint density at radius 1 is 1.00 bits per heavy atom. The van der Waals surface area contributed by atoms with Gasteiger partial charge in [-0.3, -0.25) is 9.59 Å². The van der Waals surface area contributed by atoms with E-state index in [0.717, 1.165) is 12.8 Å². The summed E-state index contributed by atoms with van der Waals surface area (Å²) in [5.41, 5.74) is 0.352. The number of benzene rings is 1. The minimum atomic E-state index is -0.574. The number of hydrogen-bond donors (Lipinski definition) is 2. The highest BCUT2D eigenvalue weighted by Gasteiger charge is 2.16. The van der Waals surface area contributed by atoms with Crippen LogP contribution in [0.2, 0.25) is 0 Å². The van der Waals surface area contributed by atoms with Crippen molar-refractivity contribution in [2.24, 2.45) is 0 Å². The molecule has 144 valence electrons. The molecule has 6 nitrogen and oxygen atoms in total. The molecule has 0 aromatic heterocycles. The monoisotopic (exact) mass is 380 g/mol. The van der Waals surface area contributed by atoms with Crippen LogP contribution in [0.5, 0.6) is 0 Å². The third kappa shape index (κ3) is 7.91. The van der Waals surface area contributed by atoms with E-state index in [9.17, 15) is 14.4 Å². The van der Waals surface area contributed by atoms with Crippen molar-refractivity contribution < 1.29 is 19.1 Å². The molecule has 0 radical (unpaired) electrons. The number of carbonyl (C=O) groups is 3. The first kappa shape index (κ1) is 22.0. The van der Waals surface area contributed by atoms with Crippen LogP contribution in [-0.4, -0.2) is 42.2 Å². The molecule has 7 heteroatoms. The Hall–Kier alpha value is -2.02. The quantitative estimate of drug-likeness (QED) is 0.482. The fourth-order valence-electron chi connectivity index (χ4n) is 1.95. The van der Waals surface area contributed by atoms with Crippen LogP contribution >= 0.6 is 11.8 Å². The average Bonchev–Trinajstić information content (AvgIpc) is 2.64. The van der Waals surface area contributed by atoms with Crippen LogP contribution in [-0.2, 0) is 14.3 Å². The van der Waals surface area contributed by atoms with Gasteiger partial charge < -0.3 is 15.4 Å². The van der Waals surface area contributed by atoms with Crippen molar-refractivity contribution in [3.8, 4) is 0 Å². The molecule has 0 aliphatic carbocycles. The summed E-state index contributed by atoms with van der Waals surface area (Å²) in [6.45, 7) is 7.47. The number of nitrogens with one attached hydrogen (secondary N) is 2.